The van der Waals surface area contributed by atoms with Gasteiger partial charge < -0.3 is 15.4 Å². The maximum absolute atomic E-state index is 6.65. The number of ether oxygens (including phenoxy) is 1. The molecule has 4 unspecified atom stereocenters. The predicted octanol–water partition coefficient (Wildman–Crippen LogP) is 2.11. The van der Waals surface area contributed by atoms with Gasteiger partial charge in [-0.15, -0.1) is 0 Å². The van der Waals surface area contributed by atoms with Crippen LogP contribution in [0.25, 0.3) is 0 Å². The molecule has 2 N–H and O–H groups in total. The first-order valence-corrected chi connectivity index (χ1v) is 7.43. The molecule has 3 nitrogen and oxygen atoms in total. The Kier molecular flexibility index (Phi) is 3.79. The highest BCUT2D eigenvalue weighted by atomic mass is 16.5. The zero-order valence-electron chi connectivity index (χ0n) is 12.7. The minimum absolute atomic E-state index is 0.0728. The summed E-state index contributed by atoms with van der Waals surface area (Å²) in [4.78, 5) is 2.55. The molecule has 0 spiro atoms. The van der Waals surface area contributed by atoms with E-state index in [2.05, 4.69) is 39.5 Å². The Morgan fingerprint density at radius 2 is 1.78 bits per heavy atom. The monoisotopic (exact) mass is 254 g/mol. The number of hydrogen-bond donors (Lipinski definition) is 1. The van der Waals surface area contributed by atoms with Crippen molar-refractivity contribution in [2.75, 3.05) is 26.2 Å². The van der Waals surface area contributed by atoms with Crippen molar-refractivity contribution in [1.29, 1.82) is 0 Å². The average molecular weight is 254 g/mol. The van der Waals surface area contributed by atoms with E-state index in [1.165, 1.54) is 13.1 Å². The molecule has 106 valence electrons. The maximum Gasteiger partial charge on any atom is 0.0662 e. The summed E-state index contributed by atoms with van der Waals surface area (Å²) in [5.74, 6) is 1.61. The summed E-state index contributed by atoms with van der Waals surface area (Å²) >= 11 is 0. The second-order valence-electron chi connectivity index (χ2n) is 7.17. The normalized spacial score (nSPS) is 44.0. The molecule has 0 amide bonds. The smallest absolute Gasteiger partial charge is 0.0662 e. The minimum Gasteiger partial charge on any atom is -0.378 e. The zero-order chi connectivity index (χ0) is 13.6. The van der Waals surface area contributed by atoms with E-state index in [0.29, 0.717) is 6.10 Å². The van der Waals surface area contributed by atoms with Crippen molar-refractivity contribution >= 4 is 0 Å². The van der Waals surface area contributed by atoms with Crippen LogP contribution in [0.15, 0.2) is 0 Å². The van der Waals surface area contributed by atoms with Crippen LogP contribution in [0.1, 0.15) is 41.0 Å². The lowest BCUT2D eigenvalue weighted by Gasteiger charge is -2.60. The van der Waals surface area contributed by atoms with Gasteiger partial charge in [-0.1, -0.05) is 27.7 Å². The van der Waals surface area contributed by atoms with E-state index in [1.54, 1.807) is 0 Å². The molecular formula is C15H30N2O. The SMILES string of the molecule is CCOC1CC(N)(CN2CC(C)C(C)C2)C1(C)C. The molecule has 1 saturated carbocycles. The Morgan fingerprint density at radius 1 is 1.22 bits per heavy atom. The molecule has 2 aliphatic rings. The summed E-state index contributed by atoms with van der Waals surface area (Å²) in [7, 11) is 0. The van der Waals surface area contributed by atoms with Gasteiger partial charge in [-0.2, -0.15) is 0 Å². The zero-order valence-corrected chi connectivity index (χ0v) is 12.7. The van der Waals surface area contributed by atoms with E-state index in [0.717, 1.165) is 31.4 Å². The predicted molar refractivity (Wildman–Crippen MR) is 75.5 cm³/mol. The lowest BCUT2D eigenvalue weighted by molar-refractivity contribution is -0.155. The summed E-state index contributed by atoms with van der Waals surface area (Å²) < 4.78 is 5.80. The summed E-state index contributed by atoms with van der Waals surface area (Å²) in [6.07, 6.45) is 1.34. The first kappa shape index (κ1) is 14.3. The van der Waals surface area contributed by atoms with Gasteiger partial charge in [0, 0.05) is 37.2 Å². The first-order chi connectivity index (χ1) is 8.30. The van der Waals surface area contributed by atoms with Crippen LogP contribution >= 0.6 is 0 Å². The van der Waals surface area contributed by atoms with Gasteiger partial charge in [-0.25, -0.2) is 0 Å². The fourth-order valence-corrected chi connectivity index (χ4v) is 3.55. The Morgan fingerprint density at radius 3 is 2.22 bits per heavy atom. The molecule has 0 aromatic carbocycles. The fraction of sp³-hybridized carbons (Fsp3) is 1.00. The van der Waals surface area contributed by atoms with E-state index in [9.17, 15) is 0 Å². The molecule has 1 saturated heterocycles. The minimum atomic E-state index is -0.0728. The number of nitrogens with two attached hydrogens (primary N) is 1. The second kappa shape index (κ2) is 4.77. The molecule has 4 atom stereocenters. The highest BCUT2D eigenvalue weighted by molar-refractivity contribution is 5.15. The lowest BCUT2D eigenvalue weighted by Crippen LogP contribution is -2.73. The lowest BCUT2D eigenvalue weighted by atomic mass is 9.54. The Balaban J connectivity index is 1.94. The molecule has 1 aliphatic carbocycles. The van der Waals surface area contributed by atoms with Gasteiger partial charge in [0.25, 0.3) is 0 Å². The topological polar surface area (TPSA) is 38.5 Å². The van der Waals surface area contributed by atoms with Crippen molar-refractivity contribution < 1.29 is 4.74 Å². The average Bonchev–Trinajstić information content (AvgIpc) is 2.57. The van der Waals surface area contributed by atoms with E-state index in [-0.39, 0.29) is 11.0 Å². The van der Waals surface area contributed by atoms with Crippen molar-refractivity contribution in [1.82, 2.24) is 4.90 Å². The van der Waals surface area contributed by atoms with Crippen molar-refractivity contribution in [2.45, 2.75) is 52.7 Å². The van der Waals surface area contributed by atoms with E-state index in [4.69, 9.17) is 10.5 Å². The van der Waals surface area contributed by atoms with Crippen LogP contribution in [0, 0.1) is 17.3 Å². The van der Waals surface area contributed by atoms with Crippen LogP contribution < -0.4 is 5.73 Å². The van der Waals surface area contributed by atoms with Crippen LogP contribution in [-0.4, -0.2) is 42.8 Å². The molecule has 3 heteroatoms. The highest BCUT2D eigenvalue weighted by Crippen LogP contribution is 2.50. The summed E-state index contributed by atoms with van der Waals surface area (Å²) in [6, 6.07) is 0. The second-order valence-corrected chi connectivity index (χ2v) is 7.17. The van der Waals surface area contributed by atoms with Gasteiger partial charge >= 0.3 is 0 Å². The number of hydrogen-bond acceptors (Lipinski definition) is 3. The van der Waals surface area contributed by atoms with Gasteiger partial charge in [0.15, 0.2) is 0 Å². The van der Waals surface area contributed by atoms with Crippen molar-refractivity contribution in [2.24, 2.45) is 23.0 Å². The summed E-state index contributed by atoms with van der Waals surface area (Å²) in [5, 5.41) is 0. The molecule has 1 aliphatic heterocycles. The summed E-state index contributed by atoms with van der Waals surface area (Å²) in [6.45, 7) is 15.5. The van der Waals surface area contributed by atoms with E-state index < -0.39 is 0 Å². The standard InChI is InChI=1S/C15H30N2O/c1-6-18-13-7-15(16,14(13,4)5)10-17-8-11(2)12(3)9-17/h11-13H,6-10,16H2,1-5H3. The molecule has 1 heterocycles. The van der Waals surface area contributed by atoms with Gasteiger partial charge in [0.2, 0.25) is 0 Å². The third kappa shape index (κ3) is 2.21. The van der Waals surface area contributed by atoms with Gasteiger partial charge in [0.1, 0.15) is 0 Å². The third-order valence-corrected chi connectivity index (χ3v) is 5.58. The fourth-order valence-electron chi connectivity index (χ4n) is 3.55. The number of likely N-dealkylation sites (tertiary alicyclic amines) is 1. The highest BCUT2D eigenvalue weighted by Gasteiger charge is 2.59. The molecule has 0 aromatic rings. The Labute approximate surface area is 112 Å². The van der Waals surface area contributed by atoms with Crippen molar-refractivity contribution in [3.8, 4) is 0 Å². The summed E-state index contributed by atoms with van der Waals surface area (Å²) in [5.41, 5.74) is 6.67. The molecular weight excluding hydrogens is 224 g/mol. The quantitative estimate of drug-likeness (QED) is 0.835. The maximum atomic E-state index is 6.65. The molecule has 0 aromatic heterocycles. The van der Waals surface area contributed by atoms with Crippen molar-refractivity contribution in [3.05, 3.63) is 0 Å². The Bertz CT molecular complexity index is 295. The van der Waals surface area contributed by atoms with E-state index >= 15 is 0 Å². The van der Waals surface area contributed by atoms with Crippen molar-refractivity contribution in [3.63, 3.8) is 0 Å². The Hall–Kier alpha value is -0.120. The number of rotatable bonds is 4. The van der Waals surface area contributed by atoms with Crippen LogP contribution in [0.5, 0.6) is 0 Å². The van der Waals surface area contributed by atoms with Crippen LogP contribution in [0.2, 0.25) is 0 Å². The molecule has 0 bridgehead atoms. The molecule has 18 heavy (non-hydrogen) atoms. The molecule has 0 radical (unpaired) electrons. The largest absolute Gasteiger partial charge is 0.378 e. The van der Waals surface area contributed by atoms with Gasteiger partial charge in [0.05, 0.1) is 6.10 Å². The third-order valence-electron chi connectivity index (χ3n) is 5.58. The van der Waals surface area contributed by atoms with Crippen LogP contribution in [0.4, 0.5) is 0 Å². The van der Waals surface area contributed by atoms with E-state index in [1.807, 2.05) is 0 Å². The number of nitrogens with zero attached hydrogens (tertiary/aromatic N) is 1. The first-order valence-electron chi connectivity index (χ1n) is 7.43. The van der Waals surface area contributed by atoms with Crippen LogP contribution in [-0.2, 0) is 4.74 Å². The molecule has 2 rings (SSSR count). The van der Waals surface area contributed by atoms with Gasteiger partial charge in [-0.3, -0.25) is 0 Å². The van der Waals surface area contributed by atoms with Crippen LogP contribution in [0.3, 0.4) is 0 Å². The van der Waals surface area contributed by atoms with Gasteiger partial charge in [-0.05, 0) is 25.2 Å². The molecule has 2 fully saturated rings.